The molecule has 3 N–H and O–H groups in total. The third kappa shape index (κ3) is 5.96. The standard InChI is InChI=1S/C25H31N5O4S2/c1-7-30-21(15-9-11-16(12-10-15)25(4,5)6)28-29-24(30)35-13-17(31)27-22-18(23(33)34-8-2)14(3)19(36-22)20(26)32/h9-12H,7-8,13H2,1-6H3,(H2,26,32)(H,27,31). The second-order valence-electron chi connectivity index (χ2n) is 9.06. The first kappa shape index (κ1) is 27.4. The number of nitrogens with two attached hydrogens (primary N) is 1. The number of primary amides is 1. The number of rotatable bonds is 9. The SMILES string of the molecule is CCOC(=O)c1c(NC(=O)CSc2nnc(-c3ccc(C(C)(C)C)cc3)n2CC)sc(C(N)=O)c1C. The summed E-state index contributed by atoms with van der Waals surface area (Å²) in [6.07, 6.45) is 0. The molecule has 0 unspecified atom stereocenters. The third-order valence-electron chi connectivity index (χ3n) is 5.48. The fraction of sp³-hybridized carbons (Fsp3) is 0.400. The highest BCUT2D eigenvalue weighted by molar-refractivity contribution is 7.99. The number of thioether (sulfide) groups is 1. The summed E-state index contributed by atoms with van der Waals surface area (Å²) in [5.74, 6) is -0.881. The molecule has 3 aromatic rings. The summed E-state index contributed by atoms with van der Waals surface area (Å²) >= 11 is 2.20. The molecule has 0 aliphatic heterocycles. The highest BCUT2D eigenvalue weighted by atomic mass is 32.2. The number of amides is 2. The lowest BCUT2D eigenvalue weighted by Gasteiger charge is -2.19. The van der Waals surface area contributed by atoms with Gasteiger partial charge in [0.15, 0.2) is 11.0 Å². The molecular weight excluding hydrogens is 498 g/mol. The van der Waals surface area contributed by atoms with Gasteiger partial charge < -0.3 is 20.4 Å². The van der Waals surface area contributed by atoms with Gasteiger partial charge in [0.05, 0.1) is 22.8 Å². The summed E-state index contributed by atoms with van der Waals surface area (Å²) in [4.78, 5) is 37.2. The Labute approximate surface area is 218 Å². The number of carbonyl (C=O) groups excluding carboxylic acids is 3. The zero-order chi connectivity index (χ0) is 26.6. The van der Waals surface area contributed by atoms with E-state index in [9.17, 15) is 14.4 Å². The van der Waals surface area contributed by atoms with Gasteiger partial charge in [-0.05, 0) is 37.3 Å². The van der Waals surface area contributed by atoms with E-state index in [-0.39, 0.29) is 39.1 Å². The van der Waals surface area contributed by atoms with Crippen LogP contribution in [0.15, 0.2) is 29.4 Å². The van der Waals surface area contributed by atoms with Crippen LogP contribution in [0.2, 0.25) is 0 Å². The van der Waals surface area contributed by atoms with E-state index in [1.54, 1.807) is 13.8 Å². The molecule has 2 aromatic heterocycles. The lowest BCUT2D eigenvalue weighted by Crippen LogP contribution is -2.17. The molecule has 0 saturated heterocycles. The number of hydrogen-bond acceptors (Lipinski definition) is 8. The molecule has 3 rings (SSSR count). The summed E-state index contributed by atoms with van der Waals surface area (Å²) in [7, 11) is 0. The van der Waals surface area contributed by atoms with Gasteiger partial charge >= 0.3 is 5.97 Å². The van der Waals surface area contributed by atoms with Crippen LogP contribution in [0.5, 0.6) is 0 Å². The summed E-state index contributed by atoms with van der Waals surface area (Å²) < 4.78 is 7.04. The second kappa shape index (κ2) is 11.3. The summed E-state index contributed by atoms with van der Waals surface area (Å²) in [6.45, 7) is 12.6. The number of carbonyl (C=O) groups is 3. The molecule has 2 heterocycles. The normalized spacial score (nSPS) is 11.4. The number of aromatic nitrogens is 3. The van der Waals surface area contributed by atoms with Crippen molar-refractivity contribution in [3.63, 3.8) is 0 Å². The Kier molecular flexibility index (Phi) is 8.57. The third-order valence-corrected chi connectivity index (χ3v) is 7.67. The van der Waals surface area contributed by atoms with E-state index in [0.29, 0.717) is 17.3 Å². The maximum atomic E-state index is 12.8. The first-order valence-corrected chi connectivity index (χ1v) is 13.3. The number of nitrogens with zero attached hydrogens (tertiary/aromatic N) is 3. The Morgan fingerprint density at radius 1 is 1.14 bits per heavy atom. The molecule has 9 nitrogen and oxygen atoms in total. The first-order valence-electron chi connectivity index (χ1n) is 11.5. The monoisotopic (exact) mass is 529 g/mol. The van der Waals surface area contributed by atoms with Crippen molar-refractivity contribution in [2.24, 2.45) is 5.73 Å². The van der Waals surface area contributed by atoms with Crippen molar-refractivity contribution in [1.82, 2.24) is 14.8 Å². The highest BCUT2D eigenvalue weighted by Crippen LogP contribution is 2.34. The van der Waals surface area contributed by atoms with Crippen LogP contribution in [0.4, 0.5) is 5.00 Å². The number of ether oxygens (including phenoxy) is 1. The van der Waals surface area contributed by atoms with Gasteiger partial charge in [0.2, 0.25) is 5.91 Å². The van der Waals surface area contributed by atoms with Crippen LogP contribution < -0.4 is 11.1 Å². The van der Waals surface area contributed by atoms with Crippen molar-refractivity contribution < 1.29 is 19.1 Å². The smallest absolute Gasteiger partial charge is 0.341 e. The lowest BCUT2D eigenvalue weighted by atomic mass is 9.87. The molecule has 0 radical (unpaired) electrons. The molecule has 2 amide bonds. The minimum absolute atomic E-state index is 0.0339. The van der Waals surface area contributed by atoms with E-state index in [1.807, 2.05) is 23.6 Å². The Hall–Kier alpha value is -3.18. The van der Waals surface area contributed by atoms with Gasteiger partial charge in [-0.2, -0.15) is 0 Å². The molecule has 0 fully saturated rings. The molecule has 1 aromatic carbocycles. The fourth-order valence-electron chi connectivity index (χ4n) is 3.59. The van der Waals surface area contributed by atoms with Gasteiger partial charge in [-0.1, -0.05) is 56.8 Å². The Balaban J connectivity index is 1.76. The molecule has 36 heavy (non-hydrogen) atoms. The molecular formula is C25H31N5O4S2. The largest absolute Gasteiger partial charge is 0.462 e. The van der Waals surface area contributed by atoms with Crippen LogP contribution >= 0.6 is 23.1 Å². The van der Waals surface area contributed by atoms with Gasteiger partial charge in [0.1, 0.15) is 5.00 Å². The van der Waals surface area contributed by atoms with Crippen LogP contribution in [0.25, 0.3) is 11.4 Å². The van der Waals surface area contributed by atoms with Crippen LogP contribution in [0.1, 0.15) is 65.8 Å². The van der Waals surface area contributed by atoms with Gasteiger partial charge in [-0.25, -0.2) is 4.79 Å². The molecule has 0 aliphatic carbocycles. The van der Waals surface area contributed by atoms with Crippen LogP contribution in [0, 0.1) is 6.92 Å². The maximum Gasteiger partial charge on any atom is 0.341 e. The van der Waals surface area contributed by atoms with E-state index in [4.69, 9.17) is 10.5 Å². The van der Waals surface area contributed by atoms with Crippen LogP contribution in [0.3, 0.4) is 0 Å². The Bertz CT molecular complexity index is 1270. The van der Waals surface area contributed by atoms with Crippen molar-refractivity contribution in [3.05, 3.63) is 45.8 Å². The van der Waals surface area contributed by atoms with Gasteiger partial charge in [-0.3, -0.25) is 9.59 Å². The maximum absolute atomic E-state index is 12.8. The number of thiophene rings is 1. The summed E-state index contributed by atoms with van der Waals surface area (Å²) in [6, 6.07) is 8.25. The molecule has 0 spiro atoms. The predicted octanol–water partition coefficient (Wildman–Crippen LogP) is 4.64. The predicted molar refractivity (Wildman–Crippen MR) is 143 cm³/mol. The zero-order valence-corrected chi connectivity index (χ0v) is 22.9. The molecule has 11 heteroatoms. The quantitative estimate of drug-likeness (QED) is 0.305. The van der Waals surface area contributed by atoms with E-state index >= 15 is 0 Å². The number of anilines is 1. The minimum Gasteiger partial charge on any atom is -0.462 e. The van der Waals surface area contributed by atoms with E-state index in [0.717, 1.165) is 22.7 Å². The van der Waals surface area contributed by atoms with Crippen molar-refractivity contribution in [2.45, 2.75) is 58.7 Å². The second-order valence-corrected chi connectivity index (χ2v) is 11.0. The Morgan fingerprint density at radius 3 is 2.36 bits per heavy atom. The van der Waals surface area contributed by atoms with E-state index in [2.05, 4.69) is 48.4 Å². The van der Waals surface area contributed by atoms with Crippen molar-refractivity contribution in [3.8, 4) is 11.4 Å². The molecule has 0 saturated carbocycles. The minimum atomic E-state index is -0.669. The Morgan fingerprint density at radius 2 is 1.81 bits per heavy atom. The molecule has 0 bridgehead atoms. The van der Waals surface area contributed by atoms with E-state index < -0.39 is 11.9 Å². The van der Waals surface area contributed by atoms with E-state index in [1.165, 1.54) is 17.3 Å². The number of benzene rings is 1. The average molecular weight is 530 g/mol. The van der Waals surface area contributed by atoms with Crippen LogP contribution in [-0.4, -0.2) is 44.9 Å². The number of nitrogens with one attached hydrogen (secondary N) is 1. The molecule has 0 atom stereocenters. The first-order chi connectivity index (χ1) is 17.0. The highest BCUT2D eigenvalue weighted by Gasteiger charge is 2.26. The van der Waals surface area contributed by atoms with Crippen LogP contribution in [-0.2, 0) is 21.5 Å². The topological polar surface area (TPSA) is 129 Å². The summed E-state index contributed by atoms with van der Waals surface area (Å²) in [5, 5.41) is 12.2. The summed E-state index contributed by atoms with van der Waals surface area (Å²) in [5.41, 5.74) is 8.19. The number of esters is 1. The van der Waals surface area contributed by atoms with Crippen molar-refractivity contribution in [2.75, 3.05) is 17.7 Å². The average Bonchev–Trinajstić information content (AvgIpc) is 3.37. The fourth-order valence-corrected chi connectivity index (χ4v) is 5.46. The van der Waals surface area contributed by atoms with Crippen molar-refractivity contribution >= 4 is 45.9 Å². The van der Waals surface area contributed by atoms with Crippen molar-refractivity contribution in [1.29, 1.82) is 0 Å². The lowest BCUT2D eigenvalue weighted by molar-refractivity contribution is -0.113. The van der Waals surface area contributed by atoms with Gasteiger partial charge in [0.25, 0.3) is 5.91 Å². The number of hydrogen-bond donors (Lipinski definition) is 2. The molecule has 0 aliphatic rings. The molecule has 192 valence electrons. The van der Waals surface area contributed by atoms with Gasteiger partial charge in [-0.15, -0.1) is 21.5 Å². The zero-order valence-electron chi connectivity index (χ0n) is 21.3. The van der Waals surface area contributed by atoms with Gasteiger partial charge in [0, 0.05) is 12.1 Å².